The predicted octanol–water partition coefficient (Wildman–Crippen LogP) is 2.80. The largest absolute Gasteiger partial charge is 0.481 e. The van der Waals surface area contributed by atoms with Crippen molar-refractivity contribution < 1.29 is 9.84 Å². The van der Waals surface area contributed by atoms with E-state index in [1.165, 1.54) is 0 Å². The van der Waals surface area contributed by atoms with Gasteiger partial charge in [-0.1, -0.05) is 28.5 Å². The van der Waals surface area contributed by atoms with E-state index in [4.69, 9.17) is 4.74 Å². The molecule has 0 saturated heterocycles. The Kier molecular flexibility index (Phi) is 10.5. The molecule has 0 fully saturated rings. The maximum Gasteiger partial charge on any atom is 0.275 e. The van der Waals surface area contributed by atoms with Crippen LogP contribution in [0.2, 0.25) is 0 Å². The molecule has 0 spiro atoms. The minimum Gasteiger partial charge on any atom is -0.481 e. The number of nitrogens with one attached hydrogen (secondary N) is 1. The van der Waals surface area contributed by atoms with Gasteiger partial charge in [0.2, 0.25) is 0 Å². The standard InChI is InChI=1S/C10H21NO2S2/c1-4-11-5-7-14-15-8-6-13-10(12)9(2)3/h11-12H,4-8H2,1-3H3. The second-order valence-electron chi connectivity index (χ2n) is 3.15. The van der Waals surface area contributed by atoms with Crippen molar-refractivity contribution in [3.63, 3.8) is 0 Å². The van der Waals surface area contributed by atoms with Crippen molar-refractivity contribution in [1.82, 2.24) is 5.32 Å². The molecule has 0 amide bonds. The van der Waals surface area contributed by atoms with Gasteiger partial charge in [0.25, 0.3) is 5.95 Å². The number of allylic oxidation sites excluding steroid dienone is 1. The summed E-state index contributed by atoms with van der Waals surface area (Å²) in [6.45, 7) is 8.40. The molecule has 0 aromatic carbocycles. The number of hydrogen-bond acceptors (Lipinski definition) is 5. The molecule has 15 heavy (non-hydrogen) atoms. The van der Waals surface area contributed by atoms with E-state index in [0.29, 0.717) is 6.61 Å². The van der Waals surface area contributed by atoms with Crippen LogP contribution in [0.3, 0.4) is 0 Å². The second-order valence-corrected chi connectivity index (χ2v) is 5.85. The summed E-state index contributed by atoms with van der Waals surface area (Å²) in [5, 5.41) is 12.5. The van der Waals surface area contributed by atoms with Crippen LogP contribution in [0, 0.1) is 0 Å². The van der Waals surface area contributed by atoms with E-state index in [2.05, 4.69) is 12.2 Å². The first-order valence-electron chi connectivity index (χ1n) is 5.12. The molecule has 5 heteroatoms. The molecule has 0 aromatic rings. The van der Waals surface area contributed by atoms with Gasteiger partial charge in [-0.3, -0.25) is 0 Å². The zero-order chi connectivity index (χ0) is 11.5. The molecule has 2 N–H and O–H groups in total. The summed E-state index contributed by atoms with van der Waals surface area (Å²) in [6.07, 6.45) is 0. The highest BCUT2D eigenvalue weighted by atomic mass is 33.1. The third-order valence-electron chi connectivity index (χ3n) is 1.53. The first kappa shape index (κ1) is 15.0. The van der Waals surface area contributed by atoms with Gasteiger partial charge in [-0.25, -0.2) is 0 Å². The van der Waals surface area contributed by atoms with E-state index >= 15 is 0 Å². The van der Waals surface area contributed by atoms with Gasteiger partial charge in [0.1, 0.15) is 6.61 Å². The van der Waals surface area contributed by atoms with Crippen molar-refractivity contribution in [2.45, 2.75) is 20.8 Å². The molecule has 3 nitrogen and oxygen atoms in total. The Morgan fingerprint density at radius 3 is 2.53 bits per heavy atom. The van der Waals surface area contributed by atoms with Crippen LogP contribution >= 0.6 is 21.6 Å². The zero-order valence-corrected chi connectivity index (χ0v) is 11.3. The predicted molar refractivity (Wildman–Crippen MR) is 70.4 cm³/mol. The summed E-state index contributed by atoms with van der Waals surface area (Å²) in [4.78, 5) is 0. The van der Waals surface area contributed by atoms with E-state index in [1.54, 1.807) is 10.8 Å². The Bertz CT molecular complexity index is 182. The summed E-state index contributed by atoms with van der Waals surface area (Å²) < 4.78 is 5.12. The lowest BCUT2D eigenvalue weighted by Gasteiger charge is -2.05. The van der Waals surface area contributed by atoms with Crippen molar-refractivity contribution in [2.75, 3.05) is 31.2 Å². The van der Waals surface area contributed by atoms with Gasteiger partial charge in [0.15, 0.2) is 0 Å². The van der Waals surface area contributed by atoms with Crippen molar-refractivity contribution in [1.29, 1.82) is 0 Å². The van der Waals surface area contributed by atoms with Crippen LogP contribution in [-0.4, -0.2) is 36.3 Å². The minimum atomic E-state index is 0.0632. The van der Waals surface area contributed by atoms with E-state index in [1.807, 2.05) is 24.6 Å². The fourth-order valence-electron chi connectivity index (χ4n) is 0.725. The number of ether oxygens (including phenoxy) is 1. The maximum absolute atomic E-state index is 9.23. The lowest BCUT2D eigenvalue weighted by Crippen LogP contribution is -2.15. The molecule has 0 bridgehead atoms. The molecule has 0 aromatic heterocycles. The summed E-state index contributed by atoms with van der Waals surface area (Å²) in [7, 11) is 3.61. The van der Waals surface area contributed by atoms with Gasteiger partial charge in [-0.05, 0) is 20.4 Å². The van der Waals surface area contributed by atoms with Gasteiger partial charge < -0.3 is 15.2 Å². The number of rotatable bonds is 9. The molecule has 0 aliphatic carbocycles. The van der Waals surface area contributed by atoms with Gasteiger partial charge >= 0.3 is 0 Å². The fourth-order valence-corrected chi connectivity index (χ4v) is 2.50. The summed E-state index contributed by atoms with van der Waals surface area (Å²) >= 11 is 0. The molecule has 0 atom stereocenters. The Morgan fingerprint density at radius 2 is 1.93 bits per heavy atom. The average molecular weight is 251 g/mol. The highest BCUT2D eigenvalue weighted by molar-refractivity contribution is 8.76. The van der Waals surface area contributed by atoms with E-state index in [0.717, 1.165) is 30.2 Å². The number of hydrogen-bond donors (Lipinski definition) is 2. The first-order valence-corrected chi connectivity index (χ1v) is 7.61. The van der Waals surface area contributed by atoms with Gasteiger partial charge in [0, 0.05) is 23.6 Å². The lowest BCUT2D eigenvalue weighted by molar-refractivity contribution is 0.0997. The molecule has 0 heterocycles. The summed E-state index contributed by atoms with van der Waals surface area (Å²) in [6, 6.07) is 0. The molecule has 90 valence electrons. The topological polar surface area (TPSA) is 41.5 Å². The maximum atomic E-state index is 9.23. The smallest absolute Gasteiger partial charge is 0.275 e. The quantitative estimate of drug-likeness (QED) is 0.375. The van der Waals surface area contributed by atoms with Crippen molar-refractivity contribution in [2.24, 2.45) is 0 Å². The normalized spacial score (nSPS) is 10.1. The Morgan fingerprint density at radius 1 is 1.27 bits per heavy atom. The van der Waals surface area contributed by atoms with Gasteiger partial charge in [0.05, 0.1) is 0 Å². The van der Waals surface area contributed by atoms with Crippen molar-refractivity contribution >= 4 is 21.6 Å². The van der Waals surface area contributed by atoms with Crippen LogP contribution in [-0.2, 0) is 4.74 Å². The van der Waals surface area contributed by atoms with Crippen LogP contribution in [0.15, 0.2) is 11.5 Å². The molecule has 0 saturated carbocycles. The third-order valence-corrected chi connectivity index (χ3v) is 3.90. The number of aliphatic hydroxyl groups excluding tert-OH is 1. The van der Waals surface area contributed by atoms with E-state index < -0.39 is 0 Å². The Labute approximate surface area is 100 Å². The van der Waals surface area contributed by atoms with Gasteiger partial charge in [-0.15, -0.1) is 0 Å². The minimum absolute atomic E-state index is 0.0632. The summed E-state index contributed by atoms with van der Waals surface area (Å²) in [5.41, 5.74) is 0.819. The van der Waals surface area contributed by atoms with E-state index in [9.17, 15) is 5.11 Å². The first-order chi connectivity index (χ1) is 7.18. The highest BCUT2D eigenvalue weighted by Crippen LogP contribution is 2.20. The van der Waals surface area contributed by atoms with Crippen LogP contribution < -0.4 is 5.32 Å². The Balaban J connectivity index is 3.15. The third kappa shape index (κ3) is 10.3. The molecular formula is C10H21NO2S2. The number of aliphatic hydroxyl groups is 1. The highest BCUT2D eigenvalue weighted by Gasteiger charge is 1.96. The van der Waals surface area contributed by atoms with Crippen LogP contribution in [0.25, 0.3) is 0 Å². The molecular weight excluding hydrogens is 230 g/mol. The molecule has 0 unspecified atom stereocenters. The van der Waals surface area contributed by atoms with Crippen LogP contribution in [0.4, 0.5) is 0 Å². The Hall–Kier alpha value is -0.000000000000000111. The SMILES string of the molecule is CCNCCSSCCOC(O)=C(C)C. The second kappa shape index (κ2) is 10.5. The van der Waals surface area contributed by atoms with E-state index in [-0.39, 0.29) is 5.95 Å². The van der Waals surface area contributed by atoms with Crippen molar-refractivity contribution in [3.8, 4) is 0 Å². The lowest BCUT2D eigenvalue weighted by atomic mass is 10.4. The van der Waals surface area contributed by atoms with Crippen LogP contribution in [0.5, 0.6) is 0 Å². The van der Waals surface area contributed by atoms with Gasteiger partial charge in [-0.2, -0.15) is 0 Å². The zero-order valence-electron chi connectivity index (χ0n) is 9.71. The average Bonchev–Trinajstić information content (AvgIpc) is 2.21. The molecule has 0 rings (SSSR count). The molecule has 0 aliphatic heterocycles. The fraction of sp³-hybridized carbons (Fsp3) is 0.800. The molecule has 0 radical (unpaired) electrons. The van der Waals surface area contributed by atoms with Crippen molar-refractivity contribution in [3.05, 3.63) is 11.5 Å². The molecule has 0 aliphatic rings. The summed E-state index contributed by atoms with van der Waals surface area (Å²) in [5.74, 6) is 2.06. The van der Waals surface area contributed by atoms with Crippen LogP contribution in [0.1, 0.15) is 20.8 Å². The monoisotopic (exact) mass is 251 g/mol.